The van der Waals surface area contributed by atoms with Gasteiger partial charge in [-0.15, -0.1) is 0 Å². The molecule has 6 heteroatoms. The Bertz CT molecular complexity index is 1020. The molecule has 0 saturated heterocycles. The van der Waals surface area contributed by atoms with Crippen molar-refractivity contribution in [2.75, 3.05) is 4.90 Å². The number of halogens is 1. The van der Waals surface area contributed by atoms with E-state index in [1.165, 1.54) is 11.8 Å². The average Bonchev–Trinajstić information content (AvgIpc) is 3.02. The van der Waals surface area contributed by atoms with Gasteiger partial charge in [0.2, 0.25) is 0 Å². The number of nitrogens with zero attached hydrogens (tertiary/aromatic N) is 3. The van der Waals surface area contributed by atoms with E-state index in [1.807, 2.05) is 41.3 Å². The third kappa shape index (κ3) is 2.29. The van der Waals surface area contributed by atoms with Gasteiger partial charge in [0.25, 0.3) is 0 Å². The van der Waals surface area contributed by atoms with Gasteiger partial charge in [0.1, 0.15) is 10.9 Å². The van der Waals surface area contributed by atoms with E-state index >= 15 is 0 Å². The molecule has 1 atom stereocenters. The maximum Gasteiger partial charge on any atom is 0.123 e. The number of nitrogens with two attached hydrogens (primary N) is 1. The number of allylic oxidation sites excluding steroid dienone is 2. The van der Waals surface area contributed by atoms with Gasteiger partial charge in [-0.2, -0.15) is 10.5 Å². The van der Waals surface area contributed by atoms with E-state index in [0.717, 1.165) is 21.2 Å². The van der Waals surface area contributed by atoms with Crippen molar-refractivity contribution in [3.05, 3.63) is 81.1 Å². The predicted octanol–water partition coefficient (Wildman–Crippen LogP) is 4.48. The van der Waals surface area contributed by atoms with Crippen LogP contribution < -0.4 is 10.6 Å². The molecule has 0 unspecified atom stereocenters. The molecule has 2 aromatic rings. The molecule has 2 aliphatic rings. The van der Waals surface area contributed by atoms with Crippen molar-refractivity contribution in [3.8, 4) is 12.1 Å². The zero-order chi connectivity index (χ0) is 17.6. The highest BCUT2D eigenvalue weighted by atomic mass is 35.5. The first-order valence-corrected chi connectivity index (χ1v) is 8.71. The van der Waals surface area contributed by atoms with Crippen LogP contribution in [0, 0.1) is 22.7 Å². The number of benzene rings is 2. The maximum atomic E-state index is 9.86. The molecular weight excluding hydrogens is 352 g/mol. The maximum absolute atomic E-state index is 9.86. The number of rotatable bonds is 1. The average molecular weight is 363 g/mol. The molecule has 0 saturated carbocycles. The molecule has 4 rings (SSSR count). The summed E-state index contributed by atoms with van der Waals surface area (Å²) < 4.78 is 0. The second kappa shape index (κ2) is 5.89. The molecular formula is C19H11ClN4S. The van der Waals surface area contributed by atoms with E-state index in [1.54, 1.807) is 12.1 Å². The fourth-order valence-electron chi connectivity index (χ4n) is 3.16. The molecule has 0 spiro atoms. The van der Waals surface area contributed by atoms with Crippen LogP contribution in [0.2, 0.25) is 5.02 Å². The Labute approximate surface area is 154 Å². The summed E-state index contributed by atoms with van der Waals surface area (Å²) in [6.07, 6.45) is 0. The number of para-hydroxylation sites is 1. The highest BCUT2D eigenvalue weighted by Crippen LogP contribution is 2.54. The van der Waals surface area contributed by atoms with Crippen molar-refractivity contribution in [3.63, 3.8) is 0 Å². The smallest absolute Gasteiger partial charge is 0.123 e. The summed E-state index contributed by atoms with van der Waals surface area (Å²) in [5.74, 6) is -0.116. The number of nitriles is 2. The number of hydrogen-bond acceptors (Lipinski definition) is 5. The van der Waals surface area contributed by atoms with Crippen molar-refractivity contribution in [1.82, 2.24) is 0 Å². The summed E-state index contributed by atoms with van der Waals surface area (Å²) in [7, 11) is 0. The normalized spacial score (nSPS) is 18.5. The van der Waals surface area contributed by atoms with Crippen molar-refractivity contribution in [1.29, 1.82) is 10.5 Å². The highest BCUT2D eigenvalue weighted by Gasteiger charge is 2.40. The summed E-state index contributed by atoms with van der Waals surface area (Å²) in [5.41, 5.74) is 8.98. The van der Waals surface area contributed by atoms with E-state index < -0.39 is 5.92 Å². The van der Waals surface area contributed by atoms with Gasteiger partial charge >= 0.3 is 0 Å². The van der Waals surface area contributed by atoms with E-state index in [9.17, 15) is 10.5 Å². The molecule has 2 heterocycles. The Kier molecular flexibility index (Phi) is 3.69. The summed E-state index contributed by atoms with van der Waals surface area (Å²) >= 11 is 7.48. The number of fused-ring (bicyclic) bond motifs is 3. The Morgan fingerprint density at radius 1 is 1.00 bits per heavy atom. The second-order valence-electron chi connectivity index (χ2n) is 5.63. The summed E-state index contributed by atoms with van der Waals surface area (Å²) in [6, 6.07) is 19.5. The quantitative estimate of drug-likeness (QED) is 0.809. The summed E-state index contributed by atoms with van der Waals surface area (Å²) in [4.78, 5) is 2.83. The molecule has 0 amide bonds. The Hall–Kier alpha value is -2.86. The van der Waals surface area contributed by atoms with Crippen molar-refractivity contribution in [2.45, 2.75) is 10.8 Å². The first-order chi connectivity index (χ1) is 12.2. The lowest BCUT2D eigenvalue weighted by molar-refractivity contribution is 0.884. The summed E-state index contributed by atoms with van der Waals surface area (Å²) in [6.45, 7) is 0. The zero-order valence-electron chi connectivity index (χ0n) is 12.9. The molecule has 0 aromatic heterocycles. The van der Waals surface area contributed by atoms with E-state index in [0.29, 0.717) is 22.0 Å². The Morgan fingerprint density at radius 2 is 1.68 bits per heavy atom. The molecule has 0 radical (unpaired) electrons. The third-order valence-electron chi connectivity index (χ3n) is 4.28. The van der Waals surface area contributed by atoms with Gasteiger partial charge in [0, 0.05) is 9.92 Å². The minimum Gasteiger partial charge on any atom is -0.384 e. The zero-order valence-corrected chi connectivity index (χ0v) is 14.5. The number of thioether (sulfide) groups is 1. The van der Waals surface area contributed by atoms with Crippen molar-refractivity contribution >= 4 is 29.1 Å². The van der Waals surface area contributed by atoms with E-state index in [-0.39, 0.29) is 0 Å². The molecule has 0 fully saturated rings. The van der Waals surface area contributed by atoms with Crippen LogP contribution in [0.1, 0.15) is 11.5 Å². The van der Waals surface area contributed by atoms with Crippen molar-refractivity contribution < 1.29 is 0 Å². The van der Waals surface area contributed by atoms with Crippen LogP contribution in [0.4, 0.5) is 5.69 Å². The van der Waals surface area contributed by atoms with Gasteiger partial charge in [-0.3, -0.25) is 4.90 Å². The monoisotopic (exact) mass is 362 g/mol. The fourth-order valence-corrected chi connectivity index (χ4v) is 4.47. The molecule has 0 bridgehead atoms. The van der Waals surface area contributed by atoms with Gasteiger partial charge in [0.05, 0.1) is 34.9 Å². The Morgan fingerprint density at radius 3 is 2.36 bits per heavy atom. The standard InChI is InChI=1S/C19H11ClN4S/c20-12-7-5-11(6-8-12)17-13(9-21)18(23)24-15-3-1-2-4-16(15)25-19(24)14(17)10-22/h1-8,17H,23H2/t17-/m1/s1. The van der Waals surface area contributed by atoms with Crippen LogP contribution >= 0.6 is 23.4 Å². The van der Waals surface area contributed by atoms with Crippen LogP contribution in [-0.2, 0) is 0 Å². The van der Waals surface area contributed by atoms with Gasteiger partial charge in [0.15, 0.2) is 0 Å². The predicted molar refractivity (Wildman–Crippen MR) is 98.4 cm³/mol. The highest BCUT2D eigenvalue weighted by molar-refractivity contribution is 8.03. The van der Waals surface area contributed by atoms with Gasteiger partial charge in [-0.25, -0.2) is 0 Å². The van der Waals surface area contributed by atoms with Crippen LogP contribution in [-0.4, -0.2) is 0 Å². The van der Waals surface area contributed by atoms with Crippen LogP contribution in [0.5, 0.6) is 0 Å². The largest absolute Gasteiger partial charge is 0.384 e. The minimum absolute atomic E-state index is 0.369. The van der Waals surface area contributed by atoms with Crippen LogP contribution in [0.3, 0.4) is 0 Å². The van der Waals surface area contributed by atoms with Crippen molar-refractivity contribution in [2.24, 2.45) is 5.73 Å². The first kappa shape index (κ1) is 15.7. The van der Waals surface area contributed by atoms with Crippen LogP contribution in [0.15, 0.2) is 75.4 Å². The molecule has 0 aliphatic carbocycles. The second-order valence-corrected chi connectivity index (χ2v) is 7.10. The lowest BCUT2D eigenvalue weighted by atomic mass is 9.83. The molecule has 2 aromatic carbocycles. The molecule has 2 N–H and O–H groups in total. The minimum atomic E-state index is -0.486. The molecule has 25 heavy (non-hydrogen) atoms. The fraction of sp³-hybridized carbons (Fsp3) is 0.0526. The molecule has 4 nitrogen and oxygen atoms in total. The third-order valence-corrected chi connectivity index (χ3v) is 5.70. The van der Waals surface area contributed by atoms with Crippen LogP contribution in [0.25, 0.3) is 0 Å². The lowest BCUT2D eigenvalue weighted by Crippen LogP contribution is -2.32. The van der Waals surface area contributed by atoms with Gasteiger partial charge in [-0.05, 0) is 29.8 Å². The Balaban J connectivity index is 1.96. The molecule has 2 aliphatic heterocycles. The van der Waals surface area contributed by atoms with Gasteiger partial charge in [-0.1, -0.05) is 47.6 Å². The van der Waals surface area contributed by atoms with Gasteiger partial charge < -0.3 is 5.73 Å². The SMILES string of the molecule is N#CC1=C(N)N2C(=C(C#N)[C@@H]1c1ccc(Cl)cc1)Sc1ccccc12. The molecule has 120 valence electrons. The number of hydrogen-bond donors (Lipinski definition) is 1. The van der Waals surface area contributed by atoms with E-state index in [2.05, 4.69) is 12.1 Å². The van der Waals surface area contributed by atoms with E-state index in [4.69, 9.17) is 17.3 Å². The topological polar surface area (TPSA) is 76.8 Å². The summed E-state index contributed by atoms with van der Waals surface area (Å²) in [5, 5.41) is 21.0. The number of anilines is 1. The lowest BCUT2D eigenvalue weighted by Gasteiger charge is -2.31. The first-order valence-electron chi connectivity index (χ1n) is 7.52.